The second-order valence-corrected chi connectivity index (χ2v) is 6.05. The van der Waals surface area contributed by atoms with Crippen LogP contribution in [0, 0.1) is 5.92 Å². The van der Waals surface area contributed by atoms with Gasteiger partial charge in [0.15, 0.2) is 0 Å². The third-order valence-electron chi connectivity index (χ3n) is 4.38. The number of nitrogens with zero attached hydrogens (tertiary/aromatic N) is 2. The molecule has 0 bridgehead atoms. The van der Waals surface area contributed by atoms with Crippen LogP contribution in [0.3, 0.4) is 0 Å². The molecule has 0 aromatic heterocycles. The van der Waals surface area contributed by atoms with Crippen molar-refractivity contribution < 1.29 is 5.11 Å². The average Bonchev–Trinajstić information content (AvgIpc) is 2.83. The number of hydrogen-bond donors (Lipinski definition) is 2. The number of aromatic hydroxyl groups is 1. The Morgan fingerprint density at radius 1 is 1.50 bits per heavy atom. The molecule has 0 saturated carbocycles. The Balaban J connectivity index is 2.03. The third kappa shape index (κ3) is 3.44. The monoisotopic (exact) mass is 277 g/mol. The molecule has 1 aliphatic heterocycles. The molecule has 1 aromatic rings. The summed E-state index contributed by atoms with van der Waals surface area (Å²) in [6.45, 7) is 5.46. The molecule has 1 saturated heterocycles. The molecule has 0 amide bonds. The lowest BCUT2D eigenvalue weighted by Gasteiger charge is -2.24. The van der Waals surface area contributed by atoms with Gasteiger partial charge in [-0.25, -0.2) is 0 Å². The van der Waals surface area contributed by atoms with E-state index < -0.39 is 0 Å². The molecule has 1 aliphatic rings. The Morgan fingerprint density at radius 2 is 2.25 bits per heavy atom. The summed E-state index contributed by atoms with van der Waals surface area (Å²) in [5.41, 5.74) is 2.04. The summed E-state index contributed by atoms with van der Waals surface area (Å²) in [6.07, 6.45) is 1.27. The molecule has 2 N–H and O–H groups in total. The number of phenols is 1. The number of hydrogen-bond acceptors (Lipinski definition) is 4. The Hall–Kier alpha value is -1.26. The van der Waals surface area contributed by atoms with E-state index in [1.54, 1.807) is 0 Å². The van der Waals surface area contributed by atoms with Crippen LogP contribution < -0.4 is 10.2 Å². The molecule has 2 rings (SSSR count). The third-order valence-corrected chi connectivity index (χ3v) is 4.38. The zero-order chi connectivity index (χ0) is 14.7. The molecule has 4 nitrogen and oxygen atoms in total. The molecule has 1 aromatic carbocycles. The number of phenolic OH excluding ortho intramolecular Hbond substituents is 1. The maximum atomic E-state index is 10.2. The van der Waals surface area contributed by atoms with E-state index in [0.29, 0.717) is 5.75 Å². The van der Waals surface area contributed by atoms with Gasteiger partial charge >= 0.3 is 0 Å². The van der Waals surface area contributed by atoms with Gasteiger partial charge in [0.25, 0.3) is 0 Å². The summed E-state index contributed by atoms with van der Waals surface area (Å²) in [5, 5.41) is 13.3. The Kier molecular flexibility index (Phi) is 4.89. The average molecular weight is 277 g/mol. The molecule has 0 radical (unpaired) electrons. The highest BCUT2D eigenvalue weighted by atomic mass is 16.3. The topological polar surface area (TPSA) is 38.7 Å². The molecule has 1 heterocycles. The summed E-state index contributed by atoms with van der Waals surface area (Å²) in [5.74, 6) is 1.10. The lowest BCUT2D eigenvalue weighted by molar-refractivity contribution is 0.396. The largest absolute Gasteiger partial charge is 0.508 e. The van der Waals surface area contributed by atoms with Gasteiger partial charge in [-0.05, 0) is 46.0 Å². The van der Waals surface area contributed by atoms with Crippen molar-refractivity contribution in [2.45, 2.75) is 19.4 Å². The number of rotatable bonds is 5. The van der Waals surface area contributed by atoms with Gasteiger partial charge in [-0.3, -0.25) is 0 Å². The minimum atomic E-state index is 0.165. The lowest BCUT2D eigenvalue weighted by atomic mass is 10.1. The Bertz CT molecular complexity index is 449. The van der Waals surface area contributed by atoms with Crippen molar-refractivity contribution in [3.8, 4) is 5.75 Å². The second-order valence-electron chi connectivity index (χ2n) is 6.05. The first-order valence-electron chi connectivity index (χ1n) is 7.41. The Labute approximate surface area is 122 Å². The molecule has 2 atom stereocenters. The van der Waals surface area contributed by atoms with E-state index in [1.807, 2.05) is 26.1 Å². The number of anilines is 1. The Morgan fingerprint density at radius 3 is 2.80 bits per heavy atom. The van der Waals surface area contributed by atoms with Crippen LogP contribution in [0.5, 0.6) is 5.75 Å². The summed E-state index contributed by atoms with van der Waals surface area (Å²) in [7, 11) is 6.19. The van der Waals surface area contributed by atoms with Crippen molar-refractivity contribution in [1.29, 1.82) is 0 Å². The minimum Gasteiger partial charge on any atom is -0.508 e. The maximum Gasteiger partial charge on any atom is 0.122 e. The molecule has 4 heteroatoms. The van der Waals surface area contributed by atoms with Gasteiger partial charge in [-0.1, -0.05) is 6.07 Å². The van der Waals surface area contributed by atoms with Crippen LogP contribution in [0.15, 0.2) is 18.2 Å². The van der Waals surface area contributed by atoms with E-state index in [0.717, 1.165) is 23.7 Å². The first-order chi connectivity index (χ1) is 9.51. The predicted molar refractivity (Wildman–Crippen MR) is 84.5 cm³/mol. The zero-order valence-corrected chi connectivity index (χ0v) is 13.1. The van der Waals surface area contributed by atoms with Crippen LogP contribution in [0.1, 0.15) is 24.9 Å². The van der Waals surface area contributed by atoms with Crippen molar-refractivity contribution in [2.75, 3.05) is 45.7 Å². The first kappa shape index (κ1) is 15.1. The molecule has 1 fully saturated rings. The van der Waals surface area contributed by atoms with Crippen molar-refractivity contribution in [3.05, 3.63) is 23.8 Å². The van der Waals surface area contributed by atoms with Gasteiger partial charge < -0.3 is 20.2 Å². The highest BCUT2D eigenvalue weighted by molar-refractivity contribution is 5.53. The fourth-order valence-electron chi connectivity index (χ4n) is 2.96. The predicted octanol–water partition coefficient (Wildman–Crippen LogP) is 2.06. The van der Waals surface area contributed by atoms with E-state index in [4.69, 9.17) is 0 Å². The van der Waals surface area contributed by atoms with E-state index in [2.05, 4.69) is 35.3 Å². The van der Waals surface area contributed by atoms with Crippen LogP contribution in [0.4, 0.5) is 5.69 Å². The minimum absolute atomic E-state index is 0.165. The van der Waals surface area contributed by atoms with Crippen LogP contribution in [-0.2, 0) is 0 Å². The highest BCUT2D eigenvalue weighted by Gasteiger charge is 2.21. The van der Waals surface area contributed by atoms with Crippen molar-refractivity contribution >= 4 is 5.69 Å². The standard InChI is InChI=1S/C16H27N3O/c1-12(17-2)15-6-5-14(9-16(15)20)19(4)11-13-7-8-18(3)10-13/h5-6,9,12-13,17,20H,7-8,10-11H2,1-4H3. The molecule has 2 unspecified atom stereocenters. The number of benzene rings is 1. The van der Waals surface area contributed by atoms with Gasteiger partial charge in [0.2, 0.25) is 0 Å². The highest BCUT2D eigenvalue weighted by Crippen LogP contribution is 2.29. The maximum absolute atomic E-state index is 10.2. The van der Waals surface area contributed by atoms with Crippen molar-refractivity contribution in [2.24, 2.45) is 5.92 Å². The molecule has 0 aliphatic carbocycles. The number of nitrogens with one attached hydrogen (secondary N) is 1. The fraction of sp³-hybridized carbons (Fsp3) is 0.625. The van der Waals surface area contributed by atoms with Gasteiger partial charge in [0, 0.05) is 43.5 Å². The van der Waals surface area contributed by atoms with Crippen LogP contribution in [0.25, 0.3) is 0 Å². The van der Waals surface area contributed by atoms with Crippen molar-refractivity contribution in [1.82, 2.24) is 10.2 Å². The molecule has 0 spiro atoms. The fourth-order valence-corrected chi connectivity index (χ4v) is 2.96. The van der Waals surface area contributed by atoms with Gasteiger partial charge in [0.05, 0.1) is 0 Å². The van der Waals surface area contributed by atoms with Crippen LogP contribution in [0.2, 0.25) is 0 Å². The zero-order valence-electron chi connectivity index (χ0n) is 13.1. The van der Waals surface area contributed by atoms with Crippen molar-refractivity contribution in [3.63, 3.8) is 0 Å². The van der Waals surface area contributed by atoms with Crippen LogP contribution >= 0.6 is 0 Å². The smallest absolute Gasteiger partial charge is 0.122 e. The van der Waals surface area contributed by atoms with E-state index in [9.17, 15) is 5.11 Å². The van der Waals surface area contributed by atoms with E-state index >= 15 is 0 Å². The molecule has 20 heavy (non-hydrogen) atoms. The SMILES string of the molecule is CNC(C)c1ccc(N(C)CC2CCN(C)C2)cc1O. The van der Waals surface area contributed by atoms with Gasteiger partial charge in [-0.15, -0.1) is 0 Å². The first-order valence-corrected chi connectivity index (χ1v) is 7.41. The van der Waals surface area contributed by atoms with E-state index in [-0.39, 0.29) is 6.04 Å². The second kappa shape index (κ2) is 6.46. The van der Waals surface area contributed by atoms with Gasteiger partial charge in [-0.2, -0.15) is 0 Å². The lowest BCUT2D eigenvalue weighted by Crippen LogP contribution is -2.27. The van der Waals surface area contributed by atoms with Gasteiger partial charge in [0.1, 0.15) is 5.75 Å². The summed E-state index contributed by atoms with van der Waals surface area (Å²) < 4.78 is 0. The quantitative estimate of drug-likeness (QED) is 0.864. The number of likely N-dealkylation sites (tertiary alicyclic amines) is 1. The summed E-state index contributed by atoms with van der Waals surface area (Å²) in [4.78, 5) is 4.63. The molecular weight excluding hydrogens is 250 g/mol. The van der Waals surface area contributed by atoms with E-state index in [1.165, 1.54) is 19.5 Å². The summed E-state index contributed by atoms with van der Waals surface area (Å²) >= 11 is 0. The normalized spacial score (nSPS) is 21.1. The summed E-state index contributed by atoms with van der Waals surface area (Å²) in [6, 6.07) is 6.16. The van der Waals surface area contributed by atoms with Crippen LogP contribution in [-0.4, -0.2) is 50.8 Å². The molecular formula is C16H27N3O. The molecule has 112 valence electrons.